The molecule has 1 atom stereocenters. The molecule has 30 heavy (non-hydrogen) atoms. The molecule has 1 aliphatic heterocycles. The normalized spacial score (nSPS) is 19.2. The first-order chi connectivity index (χ1) is 14.4. The number of amides is 1. The lowest BCUT2D eigenvalue weighted by atomic mass is 10.1. The number of benzene rings is 1. The number of rotatable bonds is 5. The molecule has 0 bridgehead atoms. The van der Waals surface area contributed by atoms with Crippen molar-refractivity contribution >= 4 is 28.2 Å². The zero-order chi connectivity index (χ0) is 21.3. The minimum Gasteiger partial charge on any atom is -0.363 e. The van der Waals surface area contributed by atoms with E-state index < -0.39 is 10.5 Å². The van der Waals surface area contributed by atoms with Gasteiger partial charge in [0.15, 0.2) is 0 Å². The van der Waals surface area contributed by atoms with E-state index in [1.54, 1.807) is 6.07 Å². The average Bonchev–Trinajstić information content (AvgIpc) is 3.25. The van der Waals surface area contributed by atoms with Crippen LogP contribution in [0.4, 0.5) is 11.4 Å². The Kier molecular flexibility index (Phi) is 5.67. The Balaban J connectivity index is 1.47. The number of nitro groups is 1. The van der Waals surface area contributed by atoms with Crippen molar-refractivity contribution in [3.8, 4) is 0 Å². The molecule has 0 radical (unpaired) electrons. The zero-order valence-electron chi connectivity index (χ0n) is 17.0. The van der Waals surface area contributed by atoms with E-state index in [2.05, 4.69) is 20.2 Å². The fraction of sp³-hybridized carbons (Fsp3) is 0.550. The summed E-state index contributed by atoms with van der Waals surface area (Å²) < 4.78 is 0. The molecule has 2 heterocycles. The lowest BCUT2D eigenvalue weighted by molar-refractivity contribution is -0.384. The van der Waals surface area contributed by atoms with Crippen LogP contribution >= 0.6 is 0 Å². The van der Waals surface area contributed by atoms with Gasteiger partial charge in [-0.1, -0.05) is 12.8 Å². The van der Waals surface area contributed by atoms with Crippen LogP contribution in [0.5, 0.6) is 0 Å². The SMILES string of the molecule is CC(C(=O)NC1CCCC1)N1CCN(c2cc3nc[nH]c(=O)c3cc2[N+](=O)[O-])CC1. The van der Waals surface area contributed by atoms with Gasteiger partial charge in [0.05, 0.1) is 28.2 Å². The van der Waals surface area contributed by atoms with Crippen molar-refractivity contribution in [3.63, 3.8) is 0 Å². The van der Waals surface area contributed by atoms with Crippen molar-refractivity contribution in [1.29, 1.82) is 0 Å². The van der Waals surface area contributed by atoms with Gasteiger partial charge in [0.25, 0.3) is 11.2 Å². The summed E-state index contributed by atoms with van der Waals surface area (Å²) in [6.07, 6.45) is 5.73. The molecular formula is C20H26N6O4. The van der Waals surface area contributed by atoms with Gasteiger partial charge in [-0.15, -0.1) is 0 Å². The molecule has 10 nitrogen and oxygen atoms in total. The molecule has 1 saturated carbocycles. The molecule has 2 aliphatic rings. The van der Waals surface area contributed by atoms with E-state index in [0.29, 0.717) is 37.4 Å². The molecule has 1 aliphatic carbocycles. The summed E-state index contributed by atoms with van der Waals surface area (Å²) in [4.78, 5) is 46.3. The van der Waals surface area contributed by atoms with Crippen LogP contribution in [0, 0.1) is 10.1 Å². The number of piperazine rings is 1. The quantitative estimate of drug-likeness (QED) is 0.560. The Morgan fingerprint density at radius 1 is 1.27 bits per heavy atom. The molecule has 1 amide bonds. The second kappa shape index (κ2) is 8.39. The third kappa shape index (κ3) is 4.00. The second-order valence-electron chi connectivity index (χ2n) is 8.04. The highest BCUT2D eigenvalue weighted by atomic mass is 16.6. The summed E-state index contributed by atoms with van der Waals surface area (Å²) in [7, 11) is 0. The minimum absolute atomic E-state index is 0.0514. The molecule has 160 valence electrons. The molecule has 1 unspecified atom stereocenters. The first-order valence-corrected chi connectivity index (χ1v) is 10.4. The molecule has 10 heteroatoms. The Bertz CT molecular complexity index is 1010. The predicted octanol–water partition coefficient (Wildman–Crippen LogP) is 1.40. The largest absolute Gasteiger partial charge is 0.363 e. The minimum atomic E-state index is -0.467. The van der Waals surface area contributed by atoms with Crippen LogP contribution in [-0.2, 0) is 4.79 Å². The number of fused-ring (bicyclic) bond motifs is 1. The highest BCUT2D eigenvalue weighted by Crippen LogP contribution is 2.32. The molecule has 1 saturated heterocycles. The number of nitrogens with one attached hydrogen (secondary N) is 2. The van der Waals surface area contributed by atoms with Crippen LogP contribution in [0.1, 0.15) is 32.6 Å². The van der Waals surface area contributed by atoms with E-state index in [0.717, 1.165) is 12.8 Å². The molecule has 2 N–H and O–H groups in total. The van der Waals surface area contributed by atoms with Gasteiger partial charge in [0, 0.05) is 38.3 Å². The Morgan fingerprint density at radius 2 is 1.97 bits per heavy atom. The average molecular weight is 414 g/mol. The highest BCUT2D eigenvalue weighted by Gasteiger charge is 2.30. The third-order valence-corrected chi connectivity index (χ3v) is 6.22. The van der Waals surface area contributed by atoms with Gasteiger partial charge in [-0.3, -0.25) is 24.6 Å². The number of aromatic nitrogens is 2. The van der Waals surface area contributed by atoms with E-state index in [1.165, 1.54) is 25.2 Å². The third-order valence-electron chi connectivity index (χ3n) is 6.22. The predicted molar refractivity (Wildman–Crippen MR) is 113 cm³/mol. The number of carbonyl (C=O) groups is 1. The maximum Gasteiger partial charge on any atom is 0.293 e. The Morgan fingerprint density at radius 3 is 2.63 bits per heavy atom. The molecule has 2 aromatic rings. The molecule has 1 aromatic heterocycles. The molecule has 4 rings (SSSR count). The van der Waals surface area contributed by atoms with Crippen molar-refractivity contribution in [2.24, 2.45) is 0 Å². The second-order valence-corrected chi connectivity index (χ2v) is 8.04. The Labute approximate surface area is 173 Å². The lowest BCUT2D eigenvalue weighted by Gasteiger charge is -2.38. The van der Waals surface area contributed by atoms with E-state index in [1.807, 2.05) is 11.8 Å². The van der Waals surface area contributed by atoms with Crippen molar-refractivity contribution in [2.45, 2.75) is 44.7 Å². The van der Waals surface area contributed by atoms with Crippen molar-refractivity contribution in [1.82, 2.24) is 20.2 Å². The maximum absolute atomic E-state index is 12.6. The standard InChI is InChI=1S/C20H26N6O4/c1-13(19(27)23-14-4-2-3-5-14)24-6-8-25(9-7-24)17-11-16-15(10-18(17)26(29)30)20(28)22-12-21-16/h10-14H,2-9H2,1H3,(H,23,27)(H,21,22,28). The first-order valence-electron chi connectivity index (χ1n) is 10.4. The van der Waals surface area contributed by atoms with Crippen LogP contribution in [0.2, 0.25) is 0 Å². The molecule has 1 aromatic carbocycles. The van der Waals surface area contributed by atoms with Crippen LogP contribution in [0.15, 0.2) is 23.3 Å². The molecule has 0 spiro atoms. The molecule has 2 fully saturated rings. The van der Waals surface area contributed by atoms with Gasteiger partial charge in [-0.25, -0.2) is 4.98 Å². The van der Waals surface area contributed by atoms with Crippen molar-refractivity contribution in [3.05, 3.63) is 38.9 Å². The summed E-state index contributed by atoms with van der Waals surface area (Å²) >= 11 is 0. The Hall–Kier alpha value is -3.01. The van der Waals surface area contributed by atoms with E-state index in [-0.39, 0.29) is 29.1 Å². The topological polar surface area (TPSA) is 124 Å². The maximum atomic E-state index is 12.6. The van der Waals surface area contributed by atoms with Crippen molar-refractivity contribution in [2.75, 3.05) is 31.1 Å². The number of nitrogens with zero attached hydrogens (tertiary/aromatic N) is 4. The number of H-pyrrole nitrogens is 1. The van der Waals surface area contributed by atoms with Gasteiger partial charge in [0.2, 0.25) is 5.91 Å². The van der Waals surface area contributed by atoms with E-state index in [4.69, 9.17) is 0 Å². The summed E-state index contributed by atoms with van der Waals surface area (Å²) in [5.41, 5.74) is 0.363. The zero-order valence-corrected chi connectivity index (χ0v) is 17.0. The van der Waals surface area contributed by atoms with Gasteiger partial charge in [0.1, 0.15) is 5.69 Å². The fourth-order valence-electron chi connectivity index (χ4n) is 4.40. The smallest absolute Gasteiger partial charge is 0.293 e. The number of hydrogen-bond donors (Lipinski definition) is 2. The highest BCUT2D eigenvalue weighted by molar-refractivity contribution is 5.87. The van der Waals surface area contributed by atoms with Crippen LogP contribution in [-0.4, -0.2) is 64.0 Å². The van der Waals surface area contributed by atoms with Crippen LogP contribution < -0.4 is 15.8 Å². The van der Waals surface area contributed by atoms with Crippen LogP contribution in [0.25, 0.3) is 10.9 Å². The first kappa shape index (κ1) is 20.3. The summed E-state index contributed by atoms with van der Waals surface area (Å²) in [5.74, 6) is 0.0514. The van der Waals surface area contributed by atoms with E-state index >= 15 is 0 Å². The van der Waals surface area contributed by atoms with Crippen molar-refractivity contribution < 1.29 is 9.72 Å². The van der Waals surface area contributed by atoms with Gasteiger partial charge in [-0.05, 0) is 25.8 Å². The number of carbonyl (C=O) groups excluding carboxylic acids is 1. The van der Waals surface area contributed by atoms with E-state index in [9.17, 15) is 19.7 Å². The number of aromatic amines is 1. The summed E-state index contributed by atoms with van der Waals surface area (Å²) in [5, 5.41) is 15.0. The fourth-order valence-corrected chi connectivity index (χ4v) is 4.40. The molecular weight excluding hydrogens is 388 g/mol. The number of hydrogen-bond acceptors (Lipinski definition) is 7. The van der Waals surface area contributed by atoms with Crippen LogP contribution in [0.3, 0.4) is 0 Å². The van der Waals surface area contributed by atoms with Gasteiger partial charge >= 0.3 is 0 Å². The van der Waals surface area contributed by atoms with Gasteiger partial charge < -0.3 is 15.2 Å². The number of nitro benzene ring substituents is 1. The van der Waals surface area contributed by atoms with Gasteiger partial charge in [-0.2, -0.15) is 0 Å². The monoisotopic (exact) mass is 414 g/mol. The number of anilines is 1. The lowest BCUT2D eigenvalue weighted by Crippen LogP contribution is -2.55. The summed E-state index contributed by atoms with van der Waals surface area (Å²) in [6, 6.07) is 2.95. The summed E-state index contributed by atoms with van der Waals surface area (Å²) in [6.45, 7) is 4.26.